The van der Waals surface area contributed by atoms with E-state index in [1.54, 1.807) is 0 Å². The molecular weight excluding hydrogens is 222 g/mol. The van der Waals surface area contributed by atoms with Crippen LogP contribution in [0.3, 0.4) is 0 Å². The summed E-state index contributed by atoms with van der Waals surface area (Å²) in [6.45, 7) is 0. The number of nitrogens with two attached hydrogens (primary N) is 2. The fraction of sp³-hybridized carbons (Fsp3) is 0. The predicted molar refractivity (Wildman–Crippen MR) is 76.0 cm³/mol. The van der Waals surface area contributed by atoms with Crippen molar-refractivity contribution < 1.29 is 0 Å². The summed E-state index contributed by atoms with van der Waals surface area (Å²) >= 11 is 0. The normalized spacial score (nSPS) is 10.7. The molecule has 0 aliphatic heterocycles. The summed E-state index contributed by atoms with van der Waals surface area (Å²) in [4.78, 5) is 4.42. The second-order valence-corrected chi connectivity index (χ2v) is 4.20. The van der Waals surface area contributed by atoms with E-state index in [1.807, 2.05) is 54.6 Å². The lowest BCUT2D eigenvalue weighted by molar-refractivity contribution is 1.41. The van der Waals surface area contributed by atoms with E-state index in [9.17, 15) is 0 Å². The first kappa shape index (κ1) is 10.6. The minimum absolute atomic E-state index is 0.506. The highest BCUT2D eigenvalue weighted by molar-refractivity contribution is 5.91. The zero-order chi connectivity index (χ0) is 12.5. The predicted octanol–water partition coefficient (Wildman–Crippen LogP) is 3.07. The molecule has 0 bridgehead atoms. The van der Waals surface area contributed by atoms with Crippen molar-refractivity contribution in [2.24, 2.45) is 0 Å². The molecule has 3 heteroatoms. The fourth-order valence-electron chi connectivity index (χ4n) is 2.09. The van der Waals surface area contributed by atoms with Gasteiger partial charge in [-0.2, -0.15) is 0 Å². The Labute approximate surface area is 105 Å². The van der Waals surface area contributed by atoms with Gasteiger partial charge in [0.1, 0.15) is 5.82 Å². The Morgan fingerprint density at radius 3 is 2.33 bits per heavy atom. The number of nitrogen functional groups attached to an aromatic ring is 2. The number of para-hydroxylation sites is 2. The van der Waals surface area contributed by atoms with Crippen molar-refractivity contribution in [3.05, 3.63) is 54.6 Å². The molecule has 4 N–H and O–H groups in total. The zero-order valence-corrected chi connectivity index (χ0v) is 9.80. The van der Waals surface area contributed by atoms with Gasteiger partial charge in [0.05, 0.1) is 5.52 Å². The van der Waals surface area contributed by atoms with Crippen LogP contribution in [0.15, 0.2) is 54.6 Å². The van der Waals surface area contributed by atoms with Gasteiger partial charge in [0.15, 0.2) is 0 Å². The molecule has 1 heterocycles. The van der Waals surface area contributed by atoms with Gasteiger partial charge in [-0.1, -0.05) is 36.4 Å². The minimum atomic E-state index is 0.506. The second-order valence-electron chi connectivity index (χ2n) is 4.20. The highest BCUT2D eigenvalue weighted by Crippen LogP contribution is 2.31. The molecule has 3 nitrogen and oxygen atoms in total. The number of rotatable bonds is 1. The van der Waals surface area contributed by atoms with E-state index >= 15 is 0 Å². The standard InChI is InChI=1S/C15H13N3/c16-13-7-3-2-6-11(13)12-9-10-5-1-4-8-14(10)18-15(12)17/h1-9H,16H2,(H2,17,18). The van der Waals surface area contributed by atoms with Crippen molar-refractivity contribution in [2.75, 3.05) is 11.5 Å². The van der Waals surface area contributed by atoms with Gasteiger partial charge < -0.3 is 11.5 Å². The lowest BCUT2D eigenvalue weighted by Gasteiger charge is -2.09. The Morgan fingerprint density at radius 1 is 0.778 bits per heavy atom. The van der Waals surface area contributed by atoms with E-state index in [0.29, 0.717) is 11.5 Å². The van der Waals surface area contributed by atoms with E-state index in [2.05, 4.69) is 4.98 Å². The van der Waals surface area contributed by atoms with Crippen molar-refractivity contribution in [2.45, 2.75) is 0 Å². The Balaban J connectivity index is 2.30. The summed E-state index contributed by atoms with van der Waals surface area (Å²) in [7, 11) is 0. The average Bonchev–Trinajstić information content (AvgIpc) is 2.39. The maximum Gasteiger partial charge on any atom is 0.132 e. The molecule has 0 atom stereocenters. The first-order valence-corrected chi connectivity index (χ1v) is 5.76. The molecule has 0 fully saturated rings. The molecule has 0 saturated heterocycles. The summed E-state index contributed by atoms with van der Waals surface area (Å²) in [5.41, 5.74) is 15.4. The molecular formula is C15H13N3. The SMILES string of the molecule is Nc1ccccc1-c1cc2ccccc2nc1N. The topological polar surface area (TPSA) is 64.9 Å². The number of benzene rings is 2. The van der Waals surface area contributed by atoms with Gasteiger partial charge in [0, 0.05) is 22.2 Å². The van der Waals surface area contributed by atoms with Crippen molar-refractivity contribution in [3.8, 4) is 11.1 Å². The number of pyridine rings is 1. The highest BCUT2D eigenvalue weighted by Gasteiger charge is 2.08. The molecule has 3 rings (SSSR count). The Morgan fingerprint density at radius 2 is 1.50 bits per heavy atom. The van der Waals surface area contributed by atoms with Crippen LogP contribution in [-0.4, -0.2) is 4.98 Å². The smallest absolute Gasteiger partial charge is 0.132 e. The summed E-state index contributed by atoms with van der Waals surface area (Å²) in [6.07, 6.45) is 0. The van der Waals surface area contributed by atoms with E-state index < -0.39 is 0 Å². The highest BCUT2D eigenvalue weighted by atomic mass is 14.8. The third-order valence-electron chi connectivity index (χ3n) is 3.00. The van der Waals surface area contributed by atoms with Crippen molar-refractivity contribution >= 4 is 22.4 Å². The van der Waals surface area contributed by atoms with Gasteiger partial charge in [0.25, 0.3) is 0 Å². The first-order chi connectivity index (χ1) is 8.75. The summed E-state index contributed by atoms with van der Waals surface area (Å²) in [5.74, 6) is 0.506. The lowest BCUT2D eigenvalue weighted by atomic mass is 10.0. The molecule has 1 aromatic heterocycles. The van der Waals surface area contributed by atoms with Crippen LogP contribution >= 0.6 is 0 Å². The maximum atomic E-state index is 6.02. The van der Waals surface area contributed by atoms with Crippen molar-refractivity contribution in [3.63, 3.8) is 0 Å². The molecule has 0 aliphatic carbocycles. The molecule has 0 aliphatic rings. The molecule has 2 aromatic carbocycles. The molecule has 88 valence electrons. The fourth-order valence-corrected chi connectivity index (χ4v) is 2.09. The lowest BCUT2D eigenvalue weighted by Crippen LogP contribution is -1.97. The monoisotopic (exact) mass is 235 g/mol. The Hall–Kier alpha value is -2.55. The van der Waals surface area contributed by atoms with Crippen LogP contribution in [0.1, 0.15) is 0 Å². The minimum Gasteiger partial charge on any atom is -0.398 e. The van der Waals surface area contributed by atoms with Gasteiger partial charge in [-0.25, -0.2) is 4.98 Å². The molecule has 18 heavy (non-hydrogen) atoms. The Bertz CT molecular complexity index is 720. The number of nitrogens with zero attached hydrogens (tertiary/aromatic N) is 1. The number of anilines is 2. The molecule has 0 unspecified atom stereocenters. The zero-order valence-electron chi connectivity index (χ0n) is 9.80. The van der Waals surface area contributed by atoms with E-state index in [4.69, 9.17) is 11.5 Å². The van der Waals surface area contributed by atoms with Crippen LogP contribution in [0.4, 0.5) is 11.5 Å². The van der Waals surface area contributed by atoms with Crippen LogP contribution < -0.4 is 11.5 Å². The molecule has 3 aromatic rings. The number of hydrogen-bond donors (Lipinski definition) is 2. The number of aromatic nitrogens is 1. The summed E-state index contributed by atoms with van der Waals surface area (Å²) in [6, 6.07) is 17.6. The van der Waals surface area contributed by atoms with Crippen LogP contribution in [0, 0.1) is 0 Å². The van der Waals surface area contributed by atoms with Gasteiger partial charge in [-0.05, 0) is 18.2 Å². The quantitative estimate of drug-likeness (QED) is 0.637. The van der Waals surface area contributed by atoms with Gasteiger partial charge in [-0.15, -0.1) is 0 Å². The van der Waals surface area contributed by atoms with Gasteiger partial charge in [-0.3, -0.25) is 0 Å². The summed E-state index contributed by atoms with van der Waals surface area (Å²) < 4.78 is 0. The largest absolute Gasteiger partial charge is 0.398 e. The van der Waals surface area contributed by atoms with Crippen LogP contribution in [-0.2, 0) is 0 Å². The van der Waals surface area contributed by atoms with Crippen molar-refractivity contribution in [1.82, 2.24) is 4.98 Å². The van der Waals surface area contributed by atoms with E-state index in [0.717, 1.165) is 22.0 Å². The summed E-state index contributed by atoms with van der Waals surface area (Å²) in [5, 5.41) is 1.06. The van der Waals surface area contributed by atoms with Crippen LogP contribution in [0.25, 0.3) is 22.0 Å². The molecule has 0 amide bonds. The molecule has 0 saturated carbocycles. The van der Waals surface area contributed by atoms with Gasteiger partial charge >= 0.3 is 0 Å². The molecule has 0 radical (unpaired) electrons. The van der Waals surface area contributed by atoms with E-state index in [-0.39, 0.29) is 0 Å². The van der Waals surface area contributed by atoms with Crippen LogP contribution in [0.5, 0.6) is 0 Å². The van der Waals surface area contributed by atoms with Crippen molar-refractivity contribution in [1.29, 1.82) is 0 Å². The number of fused-ring (bicyclic) bond motifs is 1. The number of hydrogen-bond acceptors (Lipinski definition) is 3. The first-order valence-electron chi connectivity index (χ1n) is 5.76. The van der Waals surface area contributed by atoms with Gasteiger partial charge in [0.2, 0.25) is 0 Å². The second kappa shape index (κ2) is 4.04. The Kier molecular flexibility index (Phi) is 2.38. The average molecular weight is 235 g/mol. The third kappa shape index (κ3) is 1.66. The third-order valence-corrected chi connectivity index (χ3v) is 3.00. The van der Waals surface area contributed by atoms with E-state index in [1.165, 1.54) is 0 Å². The molecule has 0 spiro atoms. The maximum absolute atomic E-state index is 6.02. The van der Waals surface area contributed by atoms with Crippen LogP contribution in [0.2, 0.25) is 0 Å².